The minimum absolute atomic E-state index is 0.0897. The van der Waals surface area contributed by atoms with Gasteiger partial charge in [-0.05, 0) is 42.3 Å². The van der Waals surface area contributed by atoms with Crippen molar-refractivity contribution in [2.24, 2.45) is 0 Å². The molecule has 2 aromatic rings. The number of nitrogens with zero attached hydrogens (tertiary/aromatic N) is 1. The summed E-state index contributed by atoms with van der Waals surface area (Å²) in [4.78, 5) is 26.1. The molecule has 0 bridgehead atoms. The Hall–Kier alpha value is -2.51. The van der Waals surface area contributed by atoms with Crippen molar-refractivity contribution in [1.82, 2.24) is 5.32 Å². The first-order chi connectivity index (χ1) is 12.9. The van der Waals surface area contributed by atoms with Gasteiger partial charge in [-0.1, -0.05) is 17.7 Å². The zero-order chi connectivity index (χ0) is 19.6. The molecule has 2 amide bonds. The summed E-state index contributed by atoms with van der Waals surface area (Å²) in [5.74, 6) is -2.70. The van der Waals surface area contributed by atoms with E-state index in [4.69, 9.17) is 11.6 Å². The van der Waals surface area contributed by atoms with Gasteiger partial charge in [-0.3, -0.25) is 9.59 Å². The first kappa shape index (κ1) is 19.3. The van der Waals surface area contributed by atoms with Gasteiger partial charge in [-0.15, -0.1) is 0 Å². The van der Waals surface area contributed by atoms with E-state index in [2.05, 4.69) is 5.32 Å². The molecule has 5 nitrogen and oxygen atoms in total. The minimum Gasteiger partial charge on any atom is -0.387 e. The van der Waals surface area contributed by atoms with E-state index in [0.29, 0.717) is 30.1 Å². The lowest BCUT2D eigenvalue weighted by atomic mass is 10.1. The van der Waals surface area contributed by atoms with Crippen molar-refractivity contribution in [3.05, 3.63) is 64.2 Å². The highest BCUT2D eigenvalue weighted by atomic mass is 35.5. The molecule has 1 saturated heterocycles. The topological polar surface area (TPSA) is 69.6 Å². The quantitative estimate of drug-likeness (QED) is 0.818. The average molecular weight is 395 g/mol. The molecule has 2 aromatic carbocycles. The van der Waals surface area contributed by atoms with Crippen molar-refractivity contribution in [2.45, 2.75) is 18.9 Å². The summed E-state index contributed by atoms with van der Waals surface area (Å²) >= 11 is 6.01. The van der Waals surface area contributed by atoms with Crippen molar-refractivity contribution in [2.75, 3.05) is 18.0 Å². The smallest absolute Gasteiger partial charge is 0.253 e. The number of aliphatic hydroxyl groups excluding tert-OH is 1. The summed E-state index contributed by atoms with van der Waals surface area (Å²) in [5, 5.41) is 13.0. The predicted octanol–water partition coefficient (Wildman–Crippen LogP) is 3.21. The Bertz CT molecular complexity index is 891. The van der Waals surface area contributed by atoms with Crippen LogP contribution in [-0.2, 0) is 4.79 Å². The summed E-state index contributed by atoms with van der Waals surface area (Å²) < 4.78 is 26.3. The number of hydrogen-bond acceptors (Lipinski definition) is 3. The van der Waals surface area contributed by atoms with Crippen LogP contribution >= 0.6 is 11.6 Å². The van der Waals surface area contributed by atoms with Gasteiger partial charge in [0.25, 0.3) is 5.91 Å². The van der Waals surface area contributed by atoms with Crippen molar-refractivity contribution in [1.29, 1.82) is 0 Å². The highest BCUT2D eigenvalue weighted by molar-refractivity contribution is 6.31. The monoisotopic (exact) mass is 394 g/mol. The Morgan fingerprint density at radius 2 is 2.00 bits per heavy atom. The fraction of sp³-hybridized carbons (Fsp3) is 0.263. The van der Waals surface area contributed by atoms with Crippen molar-refractivity contribution < 1.29 is 23.5 Å². The number of carbonyl (C=O) groups excluding carboxylic acids is 2. The Balaban J connectivity index is 1.74. The summed E-state index contributed by atoms with van der Waals surface area (Å²) in [6.07, 6.45) is -0.114. The predicted molar refractivity (Wildman–Crippen MR) is 96.7 cm³/mol. The van der Waals surface area contributed by atoms with Crippen molar-refractivity contribution in [3.8, 4) is 0 Å². The number of nitrogens with one attached hydrogen (secondary N) is 1. The zero-order valence-corrected chi connectivity index (χ0v) is 15.0. The molecule has 0 unspecified atom stereocenters. The van der Waals surface area contributed by atoms with E-state index in [1.165, 1.54) is 23.1 Å². The number of carbonyl (C=O) groups is 2. The second kappa shape index (κ2) is 8.02. The van der Waals surface area contributed by atoms with E-state index < -0.39 is 23.6 Å². The fourth-order valence-electron chi connectivity index (χ4n) is 2.95. The average Bonchev–Trinajstić information content (AvgIpc) is 3.07. The summed E-state index contributed by atoms with van der Waals surface area (Å²) in [6.45, 7) is 0.289. The molecule has 1 aliphatic rings. The molecule has 3 rings (SSSR count). The summed E-state index contributed by atoms with van der Waals surface area (Å²) in [7, 11) is 0. The molecule has 8 heteroatoms. The molecular formula is C19H17ClF2N2O3. The lowest BCUT2D eigenvalue weighted by Gasteiger charge is -2.20. The largest absolute Gasteiger partial charge is 0.387 e. The number of rotatable bonds is 5. The molecule has 1 heterocycles. The Kier molecular flexibility index (Phi) is 5.72. The van der Waals surface area contributed by atoms with E-state index in [9.17, 15) is 23.5 Å². The zero-order valence-electron chi connectivity index (χ0n) is 14.2. The third-order valence-corrected chi connectivity index (χ3v) is 4.59. The number of halogens is 3. The molecule has 27 heavy (non-hydrogen) atoms. The molecule has 142 valence electrons. The second-order valence-corrected chi connectivity index (χ2v) is 6.65. The van der Waals surface area contributed by atoms with Crippen LogP contribution in [0.1, 0.15) is 34.9 Å². The molecule has 0 aliphatic carbocycles. The molecule has 0 saturated carbocycles. The lowest BCUT2D eigenvalue weighted by Crippen LogP contribution is -2.32. The first-order valence-corrected chi connectivity index (χ1v) is 8.75. The maximum absolute atomic E-state index is 13.3. The normalized spacial score (nSPS) is 15.1. The van der Waals surface area contributed by atoms with Crippen LogP contribution in [0, 0.1) is 11.6 Å². The number of hydrogen-bond donors (Lipinski definition) is 2. The van der Waals surface area contributed by atoms with Crippen LogP contribution in [0.3, 0.4) is 0 Å². The minimum atomic E-state index is -1.21. The van der Waals surface area contributed by atoms with E-state index in [0.717, 1.165) is 12.1 Å². The van der Waals surface area contributed by atoms with Crippen LogP contribution in [0.4, 0.5) is 14.5 Å². The van der Waals surface area contributed by atoms with Gasteiger partial charge in [0.1, 0.15) is 0 Å². The third-order valence-electron chi connectivity index (χ3n) is 4.35. The van der Waals surface area contributed by atoms with Crippen LogP contribution in [0.15, 0.2) is 36.4 Å². The van der Waals surface area contributed by atoms with Crippen molar-refractivity contribution >= 4 is 29.1 Å². The SMILES string of the molecule is O=C(NC[C@H](O)c1ccc(F)c(F)c1)c1ccc(Cl)cc1N1CCCC1=O. The number of amides is 2. The van der Waals surface area contributed by atoms with E-state index in [-0.39, 0.29) is 23.6 Å². The molecule has 2 N–H and O–H groups in total. The highest BCUT2D eigenvalue weighted by Gasteiger charge is 2.26. The van der Waals surface area contributed by atoms with Gasteiger partial charge >= 0.3 is 0 Å². The number of benzene rings is 2. The Labute approximate surface area is 159 Å². The van der Waals surface area contributed by atoms with E-state index in [1.54, 1.807) is 6.07 Å². The standard InChI is InChI=1S/C19H17ClF2N2O3/c20-12-4-5-13(16(9-12)24-7-1-2-18(24)26)19(27)23-10-17(25)11-3-6-14(21)15(22)8-11/h3-6,8-9,17,25H,1-2,7,10H2,(H,23,27)/t17-/m0/s1. The van der Waals surface area contributed by atoms with Gasteiger partial charge in [-0.2, -0.15) is 0 Å². The number of anilines is 1. The molecular weight excluding hydrogens is 378 g/mol. The van der Waals surface area contributed by atoms with Crippen LogP contribution in [0.2, 0.25) is 5.02 Å². The molecule has 0 spiro atoms. The first-order valence-electron chi connectivity index (χ1n) is 8.38. The highest BCUT2D eigenvalue weighted by Crippen LogP contribution is 2.28. The maximum atomic E-state index is 13.3. The lowest BCUT2D eigenvalue weighted by molar-refractivity contribution is -0.117. The summed E-state index contributed by atoms with van der Waals surface area (Å²) in [6, 6.07) is 7.61. The molecule has 1 atom stereocenters. The van der Waals surface area contributed by atoms with Crippen LogP contribution in [0.25, 0.3) is 0 Å². The van der Waals surface area contributed by atoms with E-state index >= 15 is 0 Å². The van der Waals surface area contributed by atoms with Crippen LogP contribution in [0.5, 0.6) is 0 Å². The van der Waals surface area contributed by atoms with Gasteiger partial charge in [0.2, 0.25) is 5.91 Å². The summed E-state index contributed by atoms with van der Waals surface area (Å²) in [5.41, 5.74) is 0.789. The fourth-order valence-corrected chi connectivity index (χ4v) is 3.11. The van der Waals surface area contributed by atoms with Crippen LogP contribution < -0.4 is 10.2 Å². The molecule has 1 fully saturated rings. The third kappa shape index (κ3) is 4.26. The second-order valence-electron chi connectivity index (χ2n) is 6.21. The van der Waals surface area contributed by atoms with Gasteiger partial charge < -0.3 is 15.3 Å². The van der Waals surface area contributed by atoms with Gasteiger partial charge in [0, 0.05) is 24.5 Å². The van der Waals surface area contributed by atoms with Crippen LogP contribution in [-0.4, -0.2) is 30.0 Å². The maximum Gasteiger partial charge on any atom is 0.253 e. The van der Waals surface area contributed by atoms with Gasteiger partial charge in [0.05, 0.1) is 17.4 Å². The Morgan fingerprint density at radius 3 is 2.67 bits per heavy atom. The van der Waals surface area contributed by atoms with Gasteiger partial charge in [-0.25, -0.2) is 8.78 Å². The number of aliphatic hydroxyl groups is 1. The molecule has 1 aliphatic heterocycles. The Morgan fingerprint density at radius 1 is 1.22 bits per heavy atom. The van der Waals surface area contributed by atoms with Crippen molar-refractivity contribution in [3.63, 3.8) is 0 Å². The molecule has 0 radical (unpaired) electrons. The molecule has 0 aromatic heterocycles. The van der Waals surface area contributed by atoms with E-state index in [1.807, 2.05) is 0 Å². The van der Waals surface area contributed by atoms with Gasteiger partial charge in [0.15, 0.2) is 11.6 Å².